The highest BCUT2D eigenvalue weighted by Gasteiger charge is 2.01. The van der Waals surface area contributed by atoms with E-state index in [1.807, 2.05) is 19.1 Å². The van der Waals surface area contributed by atoms with Gasteiger partial charge in [0.1, 0.15) is 18.2 Å². The number of hydrogen-bond acceptors (Lipinski definition) is 4. The minimum atomic E-state index is -0.289. The lowest BCUT2D eigenvalue weighted by Crippen LogP contribution is -2.25. The molecule has 2 rings (SSSR count). The number of rotatable bonds is 6. The summed E-state index contributed by atoms with van der Waals surface area (Å²) in [6, 6.07) is 9.72. The van der Waals surface area contributed by atoms with Crippen LogP contribution in [0.4, 0.5) is 4.39 Å². The van der Waals surface area contributed by atoms with Crippen LogP contribution < -0.4 is 10.1 Å². The number of carbonyl (C=O) groups is 1. The summed E-state index contributed by atoms with van der Waals surface area (Å²) in [5.41, 5.74) is 0.926. The highest BCUT2D eigenvalue weighted by atomic mass is 32.2. The highest BCUT2D eigenvalue weighted by Crippen LogP contribution is 2.17. The van der Waals surface area contributed by atoms with Gasteiger partial charge in [-0.2, -0.15) is 0 Å². The van der Waals surface area contributed by atoms with Gasteiger partial charge in [0, 0.05) is 10.6 Å². The van der Waals surface area contributed by atoms with Gasteiger partial charge in [-0.3, -0.25) is 9.78 Å². The molecule has 0 aliphatic heterocycles. The van der Waals surface area contributed by atoms with Gasteiger partial charge in [-0.15, -0.1) is 11.8 Å². The summed E-state index contributed by atoms with van der Waals surface area (Å²) in [6.07, 6.45) is 1.64. The van der Waals surface area contributed by atoms with Crippen LogP contribution in [0, 0.1) is 24.6 Å². The zero-order valence-electron chi connectivity index (χ0n) is 13.2. The van der Waals surface area contributed by atoms with Gasteiger partial charge < -0.3 is 10.1 Å². The molecule has 2 aromatic rings. The molecule has 0 saturated carbocycles. The van der Waals surface area contributed by atoms with Gasteiger partial charge in [-0.25, -0.2) is 4.39 Å². The van der Waals surface area contributed by atoms with E-state index in [1.165, 1.54) is 23.9 Å². The lowest BCUT2D eigenvalue weighted by atomic mass is 10.4. The maximum atomic E-state index is 12.8. The summed E-state index contributed by atoms with van der Waals surface area (Å²) in [4.78, 5) is 16.6. The van der Waals surface area contributed by atoms with Gasteiger partial charge >= 0.3 is 0 Å². The fourth-order valence-electron chi connectivity index (χ4n) is 1.65. The normalized spacial score (nSPS) is 9.75. The average Bonchev–Trinajstić information content (AvgIpc) is 2.59. The van der Waals surface area contributed by atoms with E-state index in [0.717, 1.165) is 10.6 Å². The number of carbonyl (C=O) groups excluding carboxylic acids is 1. The molecule has 0 aliphatic carbocycles. The number of thioether (sulfide) groups is 1. The van der Waals surface area contributed by atoms with Crippen LogP contribution >= 0.6 is 11.8 Å². The number of ether oxygens (including phenoxy) is 1. The number of nitrogens with one attached hydrogen (secondary N) is 1. The Hall–Kier alpha value is -2.52. The molecule has 0 atom stereocenters. The van der Waals surface area contributed by atoms with E-state index in [2.05, 4.69) is 22.1 Å². The lowest BCUT2D eigenvalue weighted by molar-refractivity contribution is -0.118. The fourth-order valence-corrected chi connectivity index (χ4v) is 2.37. The van der Waals surface area contributed by atoms with E-state index in [9.17, 15) is 9.18 Å². The Kier molecular flexibility index (Phi) is 7.12. The SMILES string of the molecule is Cc1ccc(OCC#CCNC(=O)CSc2ccc(F)cc2)cn1. The van der Waals surface area contributed by atoms with Gasteiger partial charge in [-0.05, 0) is 43.3 Å². The maximum Gasteiger partial charge on any atom is 0.231 e. The first kappa shape index (κ1) is 17.8. The standard InChI is InChI=1S/C18H17FN2O2S/c1-14-4-7-16(12-21-14)23-11-3-2-10-20-18(22)13-24-17-8-5-15(19)6-9-17/h4-9,12H,10-11,13H2,1H3,(H,20,22). The molecule has 0 saturated heterocycles. The molecule has 0 bridgehead atoms. The van der Waals surface area contributed by atoms with Crippen molar-refractivity contribution in [2.24, 2.45) is 0 Å². The third-order valence-electron chi connectivity index (χ3n) is 2.88. The molecule has 1 aromatic carbocycles. The molecule has 1 aromatic heterocycles. The summed E-state index contributed by atoms with van der Waals surface area (Å²) < 4.78 is 18.2. The molecule has 24 heavy (non-hydrogen) atoms. The molecule has 1 amide bonds. The first-order valence-corrected chi connectivity index (χ1v) is 8.28. The largest absolute Gasteiger partial charge is 0.479 e. The third-order valence-corrected chi connectivity index (χ3v) is 3.89. The molecule has 4 nitrogen and oxygen atoms in total. The molecule has 0 aliphatic rings. The molecule has 0 unspecified atom stereocenters. The average molecular weight is 344 g/mol. The van der Waals surface area contributed by atoms with Crippen LogP contribution in [-0.2, 0) is 4.79 Å². The van der Waals surface area contributed by atoms with E-state index < -0.39 is 0 Å². The van der Waals surface area contributed by atoms with Crippen LogP contribution in [0.3, 0.4) is 0 Å². The van der Waals surface area contributed by atoms with E-state index >= 15 is 0 Å². The minimum absolute atomic E-state index is 0.123. The van der Waals surface area contributed by atoms with Gasteiger partial charge in [0.25, 0.3) is 0 Å². The van der Waals surface area contributed by atoms with E-state index in [4.69, 9.17) is 4.74 Å². The van der Waals surface area contributed by atoms with Crippen molar-refractivity contribution in [3.05, 3.63) is 54.1 Å². The fraction of sp³-hybridized carbons (Fsp3) is 0.222. The van der Waals surface area contributed by atoms with Gasteiger partial charge in [0.15, 0.2) is 0 Å². The van der Waals surface area contributed by atoms with Crippen molar-refractivity contribution in [1.82, 2.24) is 10.3 Å². The summed E-state index contributed by atoms with van der Waals surface area (Å²) in [7, 11) is 0. The first-order valence-electron chi connectivity index (χ1n) is 7.30. The Labute approximate surface area is 144 Å². The van der Waals surface area contributed by atoms with Crippen molar-refractivity contribution >= 4 is 17.7 Å². The second-order valence-electron chi connectivity index (χ2n) is 4.80. The van der Waals surface area contributed by atoms with E-state index in [1.54, 1.807) is 18.3 Å². The molecular weight excluding hydrogens is 327 g/mol. The molecular formula is C18H17FN2O2S. The van der Waals surface area contributed by atoms with Crippen LogP contribution in [0.1, 0.15) is 5.69 Å². The topological polar surface area (TPSA) is 51.2 Å². The quantitative estimate of drug-likeness (QED) is 0.647. The van der Waals surface area contributed by atoms with Gasteiger partial charge in [0.05, 0.1) is 18.5 Å². The smallest absolute Gasteiger partial charge is 0.231 e. The zero-order chi connectivity index (χ0) is 17.2. The van der Waals surface area contributed by atoms with E-state index in [0.29, 0.717) is 5.75 Å². The first-order chi connectivity index (χ1) is 11.6. The Morgan fingerprint density at radius 3 is 2.75 bits per heavy atom. The number of aromatic nitrogens is 1. The Balaban J connectivity index is 1.60. The second-order valence-corrected chi connectivity index (χ2v) is 5.85. The Morgan fingerprint density at radius 1 is 1.25 bits per heavy atom. The Bertz CT molecular complexity index is 721. The maximum absolute atomic E-state index is 12.8. The number of amides is 1. The highest BCUT2D eigenvalue weighted by molar-refractivity contribution is 8.00. The number of nitrogens with zero attached hydrogens (tertiary/aromatic N) is 1. The number of pyridine rings is 1. The summed E-state index contributed by atoms with van der Waals surface area (Å²) in [5.74, 6) is 6.15. The van der Waals surface area contributed by atoms with Crippen LogP contribution in [0.25, 0.3) is 0 Å². The molecule has 0 fully saturated rings. The third kappa shape index (κ3) is 6.71. The summed E-state index contributed by atoms with van der Waals surface area (Å²) in [6.45, 7) is 2.41. The zero-order valence-corrected chi connectivity index (χ0v) is 14.0. The molecule has 6 heteroatoms. The van der Waals surface area contributed by atoms with Crippen molar-refractivity contribution in [2.45, 2.75) is 11.8 Å². The van der Waals surface area contributed by atoms with E-state index in [-0.39, 0.29) is 30.6 Å². The predicted octanol–water partition coefficient (Wildman–Crippen LogP) is 2.82. The predicted molar refractivity (Wildman–Crippen MR) is 92.4 cm³/mol. The minimum Gasteiger partial charge on any atom is -0.479 e. The van der Waals surface area contributed by atoms with Crippen molar-refractivity contribution < 1.29 is 13.9 Å². The van der Waals surface area contributed by atoms with Crippen molar-refractivity contribution in [3.8, 4) is 17.6 Å². The lowest BCUT2D eigenvalue weighted by Gasteiger charge is -2.02. The molecule has 0 spiro atoms. The van der Waals surface area contributed by atoms with Gasteiger partial charge in [0.2, 0.25) is 5.91 Å². The van der Waals surface area contributed by atoms with Crippen LogP contribution in [0.2, 0.25) is 0 Å². The monoisotopic (exact) mass is 344 g/mol. The van der Waals surface area contributed by atoms with Gasteiger partial charge in [-0.1, -0.05) is 11.8 Å². The number of hydrogen-bond donors (Lipinski definition) is 1. The van der Waals surface area contributed by atoms with Crippen LogP contribution in [0.5, 0.6) is 5.75 Å². The molecule has 1 N–H and O–H groups in total. The van der Waals surface area contributed by atoms with Crippen LogP contribution in [-0.4, -0.2) is 29.8 Å². The van der Waals surface area contributed by atoms with Crippen molar-refractivity contribution in [3.63, 3.8) is 0 Å². The summed E-state index contributed by atoms with van der Waals surface area (Å²) >= 11 is 1.35. The molecule has 0 radical (unpaired) electrons. The summed E-state index contributed by atoms with van der Waals surface area (Å²) in [5, 5.41) is 2.70. The van der Waals surface area contributed by atoms with Crippen molar-refractivity contribution in [1.29, 1.82) is 0 Å². The van der Waals surface area contributed by atoms with Crippen LogP contribution in [0.15, 0.2) is 47.5 Å². The second kappa shape index (κ2) is 9.58. The van der Waals surface area contributed by atoms with Crippen molar-refractivity contribution in [2.75, 3.05) is 18.9 Å². The molecule has 1 heterocycles. The molecule has 124 valence electrons. The number of halogens is 1. The number of benzene rings is 1. The Morgan fingerprint density at radius 2 is 2.04 bits per heavy atom. The number of aryl methyl sites for hydroxylation is 1.